The van der Waals surface area contributed by atoms with Gasteiger partial charge in [0.15, 0.2) is 0 Å². The molecule has 3 unspecified atom stereocenters. The van der Waals surface area contributed by atoms with E-state index in [1.54, 1.807) is 0 Å². The Hall–Kier alpha value is -1.58. The van der Waals surface area contributed by atoms with Gasteiger partial charge in [0.2, 0.25) is 5.91 Å². The Morgan fingerprint density at radius 1 is 1.59 bits per heavy atom. The molecule has 0 aromatic carbocycles. The van der Waals surface area contributed by atoms with Crippen LogP contribution in [-0.4, -0.2) is 11.9 Å². The summed E-state index contributed by atoms with van der Waals surface area (Å²) in [6.45, 7) is 5.39. The van der Waals surface area contributed by atoms with Gasteiger partial charge in [-0.15, -0.1) is 0 Å². The molecule has 2 fully saturated rings. The van der Waals surface area contributed by atoms with Crippen molar-refractivity contribution >= 4 is 11.9 Å². The zero-order valence-electron chi connectivity index (χ0n) is 9.94. The molecule has 2 bridgehead atoms. The van der Waals surface area contributed by atoms with Gasteiger partial charge in [-0.05, 0) is 36.7 Å². The second kappa shape index (κ2) is 4.02. The van der Waals surface area contributed by atoms with E-state index in [0.29, 0.717) is 5.92 Å². The number of hydrogen-bond acceptors (Lipinski definition) is 3. The van der Waals surface area contributed by atoms with Gasteiger partial charge in [-0.25, -0.2) is 4.79 Å². The summed E-state index contributed by atoms with van der Waals surface area (Å²) in [5, 5.41) is 0. The summed E-state index contributed by atoms with van der Waals surface area (Å²) in [6, 6.07) is 0. The van der Waals surface area contributed by atoms with Gasteiger partial charge < -0.3 is 10.5 Å². The maximum atomic E-state index is 11.7. The second-order valence-electron chi connectivity index (χ2n) is 4.95. The fourth-order valence-electron chi connectivity index (χ4n) is 3.22. The first kappa shape index (κ1) is 11.9. The van der Waals surface area contributed by atoms with Crippen molar-refractivity contribution in [2.45, 2.75) is 26.2 Å². The molecular weight excluding hydrogens is 218 g/mol. The highest BCUT2D eigenvalue weighted by Crippen LogP contribution is 2.60. The van der Waals surface area contributed by atoms with Gasteiger partial charge in [0, 0.05) is 6.08 Å². The quantitative estimate of drug-likeness (QED) is 0.458. The van der Waals surface area contributed by atoms with Crippen LogP contribution in [0, 0.1) is 17.3 Å². The Kier molecular flexibility index (Phi) is 2.81. The van der Waals surface area contributed by atoms with Crippen molar-refractivity contribution in [3.05, 3.63) is 24.5 Å². The molecule has 2 N–H and O–H groups in total. The van der Waals surface area contributed by atoms with Crippen LogP contribution in [-0.2, 0) is 14.3 Å². The van der Waals surface area contributed by atoms with Gasteiger partial charge in [-0.1, -0.05) is 13.5 Å². The summed E-state index contributed by atoms with van der Waals surface area (Å²) in [5.74, 6) is -0.0672. The van der Waals surface area contributed by atoms with Crippen LogP contribution in [0.5, 0.6) is 0 Å². The lowest BCUT2D eigenvalue weighted by atomic mass is 9.76. The summed E-state index contributed by atoms with van der Waals surface area (Å²) in [6.07, 6.45) is 5.11. The molecule has 2 aliphatic rings. The molecule has 0 aliphatic heterocycles. The van der Waals surface area contributed by atoms with Crippen LogP contribution in [0.1, 0.15) is 26.2 Å². The summed E-state index contributed by atoms with van der Waals surface area (Å²) >= 11 is 0. The number of amides is 1. The number of hydrogen-bond donors (Lipinski definition) is 1. The molecule has 92 valence electrons. The third-order valence-electron chi connectivity index (χ3n) is 4.24. The SMILES string of the molecule is C=CC(=O)OC=C1C(C)C2CCC1(C(N)=O)C2. The van der Waals surface area contributed by atoms with Crippen molar-refractivity contribution < 1.29 is 14.3 Å². The standard InChI is InChI=1S/C13H17NO3/c1-3-11(15)17-7-10-8(2)9-4-5-13(10,6-9)12(14)16/h3,7-9H,1,4-6H2,2H3,(H2,14,16). The second-order valence-corrected chi connectivity index (χ2v) is 4.95. The topological polar surface area (TPSA) is 69.4 Å². The highest BCUT2D eigenvalue weighted by atomic mass is 16.5. The summed E-state index contributed by atoms with van der Waals surface area (Å²) < 4.78 is 4.95. The molecule has 3 atom stereocenters. The normalized spacial score (nSPS) is 37.1. The number of primary amides is 1. The van der Waals surface area contributed by atoms with Crippen LogP contribution in [0.25, 0.3) is 0 Å². The molecule has 0 spiro atoms. The van der Waals surface area contributed by atoms with Gasteiger partial charge in [0.25, 0.3) is 0 Å². The van der Waals surface area contributed by atoms with Crippen LogP contribution in [0.15, 0.2) is 24.5 Å². The number of fused-ring (bicyclic) bond motifs is 2. The molecule has 0 aromatic heterocycles. The molecule has 2 saturated carbocycles. The van der Waals surface area contributed by atoms with E-state index in [0.717, 1.165) is 30.9 Å². The Morgan fingerprint density at radius 3 is 2.88 bits per heavy atom. The third kappa shape index (κ3) is 1.68. The molecule has 2 aliphatic carbocycles. The molecule has 17 heavy (non-hydrogen) atoms. The summed E-state index contributed by atoms with van der Waals surface area (Å²) in [7, 11) is 0. The molecule has 0 saturated heterocycles. The number of nitrogens with two attached hydrogens (primary N) is 1. The van der Waals surface area contributed by atoms with Crippen molar-refractivity contribution in [3.8, 4) is 0 Å². The minimum absolute atomic E-state index is 0.258. The van der Waals surface area contributed by atoms with Crippen LogP contribution >= 0.6 is 0 Å². The largest absolute Gasteiger partial charge is 0.431 e. The van der Waals surface area contributed by atoms with E-state index >= 15 is 0 Å². The van der Waals surface area contributed by atoms with Crippen LogP contribution in [0.4, 0.5) is 0 Å². The first-order valence-electron chi connectivity index (χ1n) is 5.85. The molecule has 4 nitrogen and oxygen atoms in total. The number of carbonyl (C=O) groups is 2. The summed E-state index contributed by atoms with van der Waals surface area (Å²) in [4.78, 5) is 22.7. The highest BCUT2D eigenvalue weighted by molar-refractivity contribution is 5.86. The first-order valence-corrected chi connectivity index (χ1v) is 5.85. The summed E-state index contributed by atoms with van der Waals surface area (Å²) in [5.41, 5.74) is 5.81. The van der Waals surface area contributed by atoms with E-state index in [2.05, 4.69) is 13.5 Å². The fourth-order valence-corrected chi connectivity index (χ4v) is 3.22. The highest BCUT2D eigenvalue weighted by Gasteiger charge is 2.56. The van der Waals surface area contributed by atoms with Gasteiger partial charge in [-0.2, -0.15) is 0 Å². The maximum Gasteiger partial charge on any atom is 0.334 e. The van der Waals surface area contributed by atoms with Gasteiger partial charge in [0.1, 0.15) is 0 Å². The van der Waals surface area contributed by atoms with Crippen LogP contribution < -0.4 is 5.73 Å². The lowest BCUT2D eigenvalue weighted by molar-refractivity contribution is -0.133. The molecule has 2 rings (SSSR count). The lowest BCUT2D eigenvalue weighted by Gasteiger charge is -2.28. The number of rotatable bonds is 3. The lowest BCUT2D eigenvalue weighted by Crippen LogP contribution is -2.36. The molecule has 0 aromatic rings. The van der Waals surface area contributed by atoms with E-state index in [9.17, 15) is 9.59 Å². The van der Waals surface area contributed by atoms with Gasteiger partial charge in [-0.3, -0.25) is 4.79 Å². The third-order valence-corrected chi connectivity index (χ3v) is 4.24. The molecule has 4 heteroatoms. The average molecular weight is 235 g/mol. The monoisotopic (exact) mass is 235 g/mol. The Labute approximate surface area is 101 Å². The predicted octanol–water partition coefficient (Wildman–Crippen LogP) is 1.52. The van der Waals surface area contributed by atoms with Crippen LogP contribution in [0.2, 0.25) is 0 Å². The zero-order chi connectivity index (χ0) is 12.6. The Bertz CT molecular complexity index is 413. The van der Waals surface area contributed by atoms with Crippen molar-refractivity contribution in [1.29, 1.82) is 0 Å². The van der Waals surface area contributed by atoms with E-state index in [4.69, 9.17) is 10.5 Å². The minimum atomic E-state index is -0.578. The first-order chi connectivity index (χ1) is 8.01. The van der Waals surface area contributed by atoms with E-state index in [-0.39, 0.29) is 11.8 Å². The number of ether oxygens (including phenoxy) is 1. The molecular formula is C13H17NO3. The van der Waals surface area contributed by atoms with E-state index < -0.39 is 11.4 Å². The molecule has 0 heterocycles. The van der Waals surface area contributed by atoms with E-state index in [1.165, 1.54) is 6.26 Å². The minimum Gasteiger partial charge on any atom is -0.431 e. The van der Waals surface area contributed by atoms with Crippen molar-refractivity contribution in [2.75, 3.05) is 0 Å². The predicted molar refractivity (Wildman–Crippen MR) is 62.5 cm³/mol. The van der Waals surface area contributed by atoms with Gasteiger partial charge in [0.05, 0.1) is 11.7 Å². The Morgan fingerprint density at radius 2 is 2.29 bits per heavy atom. The fraction of sp³-hybridized carbons (Fsp3) is 0.538. The number of esters is 1. The molecule has 0 radical (unpaired) electrons. The van der Waals surface area contributed by atoms with E-state index in [1.807, 2.05) is 0 Å². The van der Waals surface area contributed by atoms with Crippen molar-refractivity contribution in [1.82, 2.24) is 0 Å². The number of carbonyl (C=O) groups excluding carboxylic acids is 2. The van der Waals surface area contributed by atoms with Crippen molar-refractivity contribution in [3.63, 3.8) is 0 Å². The average Bonchev–Trinajstić information content (AvgIpc) is 2.84. The van der Waals surface area contributed by atoms with Crippen LogP contribution in [0.3, 0.4) is 0 Å². The van der Waals surface area contributed by atoms with Crippen molar-refractivity contribution in [2.24, 2.45) is 23.0 Å². The Balaban J connectivity index is 2.28. The smallest absolute Gasteiger partial charge is 0.334 e. The maximum absolute atomic E-state index is 11.7. The zero-order valence-corrected chi connectivity index (χ0v) is 9.94. The molecule has 1 amide bonds. The van der Waals surface area contributed by atoms with Gasteiger partial charge >= 0.3 is 5.97 Å².